The van der Waals surface area contributed by atoms with Gasteiger partial charge in [0.1, 0.15) is 5.75 Å². The van der Waals surface area contributed by atoms with Gasteiger partial charge in [0.25, 0.3) is 5.91 Å². The molecule has 0 atom stereocenters. The standard InChI is InChI=1S/C21H22N2O3/c1-3-23(4-2)17-9-5-15(6-10-17)7-11-19(24)16-8-12-20-18(13-16)22-21(25)14-26-20/h5-13H,3-4,14H2,1-2H3,(H,22,25). The number of allylic oxidation sites excluding steroid dienone is 1. The maximum Gasteiger partial charge on any atom is 0.262 e. The lowest BCUT2D eigenvalue weighted by Gasteiger charge is -2.20. The minimum absolute atomic E-state index is 0.00365. The van der Waals surface area contributed by atoms with E-state index in [4.69, 9.17) is 4.74 Å². The number of hydrogen-bond acceptors (Lipinski definition) is 4. The third-order valence-corrected chi connectivity index (χ3v) is 4.35. The summed E-state index contributed by atoms with van der Waals surface area (Å²) in [5.41, 5.74) is 3.17. The largest absolute Gasteiger partial charge is 0.482 e. The lowest BCUT2D eigenvalue weighted by Crippen LogP contribution is -2.25. The molecule has 0 radical (unpaired) electrons. The summed E-state index contributed by atoms with van der Waals surface area (Å²) < 4.78 is 5.30. The van der Waals surface area contributed by atoms with E-state index in [1.807, 2.05) is 12.1 Å². The fourth-order valence-electron chi connectivity index (χ4n) is 2.89. The third kappa shape index (κ3) is 3.94. The Labute approximate surface area is 153 Å². The van der Waals surface area contributed by atoms with Gasteiger partial charge in [-0.2, -0.15) is 0 Å². The van der Waals surface area contributed by atoms with Crippen LogP contribution in [0.5, 0.6) is 5.75 Å². The van der Waals surface area contributed by atoms with Crippen LogP contribution in [0.3, 0.4) is 0 Å². The summed E-state index contributed by atoms with van der Waals surface area (Å²) in [7, 11) is 0. The monoisotopic (exact) mass is 350 g/mol. The fraction of sp³-hybridized carbons (Fsp3) is 0.238. The number of carbonyl (C=O) groups is 2. The lowest BCUT2D eigenvalue weighted by molar-refractivity contribution is -0.118. The van der Waals surface area contributed by atoms with Crippen LogP contribution in [0.1, 0.15) is 29.8 Å². The molecule has 1 heterocycles. The van der Waals surface area contributed by atoms with Crippen LogP contribution in [0.2, 0.25) is 0 Å². The number of nitrogens with one attached hydrogen (secondary N) is 1. The molecule has 1 N–H and O–H groups in total. The SMILES string of the molecule is CCN(CC)c1ccc(C=CC(=O)c2ccc3c(c2)NC(=O)CO3)cc1. The molecule has 0 aliphatic carbocycles. The quantitative estimate of drug-likeness (QED) is 0.637. The van der Waals surface area contributed by atoms with Crippen molar-refractivity contribution in [3.8, 4) is 5.75 Å². The molecule has 0 fully saturated rings. The van der Waals surface area contributed by atoms with Crippen LogP contribution in [0.25, 0.3) is 6.08 Å². The Bertz CT molecular complexity index is 837. The van der Waals surface area contributed by atoms with Crippen molar-refractivity contribution < 1.29 is 14.3 Å². The predicted octanol–water partition coefficient (Wildman–Crippen LogP) is 3.76. The van der Waals surface area contributed by atoms with Gasteiger partial charge in [-0.05, 0) is 55.8 Å². The fourth-order valence-corrected chi connectivity index (χ4v) is 2.89. The number of nitrogens with zero attached hydrogens (tertiary/aromatic N) is 1. The summed E-state index contributed by atoms with van der Waals surface area (Å²) in [6.45, 7) is 6.18. The number of fused-ring (bicyclic) bond motifs is 1. The highest BCUT2D eigenvalue weighted by molar-refractivity contribution is 6.08. The van der Waals surface area contributed by atoms with Gasteiger partial charge in [-0.15, -0.1) is 0 Å². The Balaban J connectivity index is 1.71. The Morgan fingerprint density at radius 2 is 1.88 bits per heavy atom. The van der Waals surface area contributed by atoms with Gasteiger partial charge in [-0.3, -0.25) is 9.59 Å². The van der Waals surface area contributed by atoms with E-state index in [-0.39, 0.29) is 18.3 Å². The molecule has 0 saturated heterocycles. The average molecular weight is 350 g/mol. The van der Waals surface area contributed by atoms with Crippen molar-refractivity contribution in [3.63, 3.8) is 0 Å². The maximum absolute atomic E-state index is 12.4. The second kappa shape index (κ2) is 7.87. The van der Waals surface area contributed by atoms with Crippen molar-refractivity contribution in [3.05, 3.63) is 59.7 Å². The van der Waals surface area contributed by atoms with E-state index < -0.39 is 0 Å². The minimum atomic E-state index is -0.217. The molecule has 0 bridgehead atoms. The molecule has 2 aromatic carbocycles. The first-order valence-corrected chi connectivity index (χ1v) is 8.74. The highest BCUT2D eigenvalue weighted by atomic mass is 16.5. The van der Waals surface area contributed by atoms with E-state index in [9.17, 15) is 9.59 Å². The third-order valence-electron chi connectivity index (χ3n) is 4.35. The van der Waals surface area contributed by atoms with Gasteiger partial charge in [0.15, 0.2) is 12.4 Å². The second-order valence-corrected chi connectivity index (χ2v) is 6.01. The molecule has 26 heavy (non-hydrogen) atoms. The first kappa shape index (κ1) is 17.7. The molecule has 0 saturated carbocycles. The zero-order chi connectivity index (χ0) is 18.5. The Hall–Kier alpha value is -3.08. The van der Waals surface area contributed by atoms with Crippen LogP contribution >= 0.6 is 0 Å². The first-order chi connectivity index (χ1) is 12.6. The molecule has 1 amide bonds. The molecule has 3 rings (SSSR count). The van der Waals surface area contributed by atoms with Crippen LogP contribution in [-0.2, 0) is 4.79 Å². The van der Waals surface area contributed by atoms with Gasteiger partial charge in [0.05, 0.1) is 5.69 Å². The molecule has 0 aromatic heterocycles. The van der Waals surface area contributed by atoms with E-state index >= 15 is 0 Å². The number of benzene rings is 2. The van der Waals surface area contributed by atoms with Gasteiger partial charge < -0.3 is 15.0 Å². The second-order valence-electron chi connectivity index (χ2n) is 6.01. The van der Waals surface area contributed by atoms with E-state index in [2.05, 4.69) is 36.2 Å². The number of ketones is 1. The minimum Gasteiger partial charge on any atom is -0.482 e. The summed E-state index contributed by atoms with van der Waals surface area (Å²) in [6.07, 6.45) is 3.34. The molecule has 1 aliphatic rings. The Morgan fingerprint density at radius 3 is 2.58 bits per heavy atom. The Morgan fingerprint density at radius 1 is 1.15 bits per heavy atom. The molecule has 5 heteroatoms. The molecular formula is C21H22N2O3. The summed E-state index contributed by atoms with van der Waals surface area (Å²) >= 11 is 0. The van der Waals surface area contributed by atoms with Gasteiger partial charge in [0, 0.05) is 24.3 Å². The van der Waals surface area contributed by atoms with Crippen LogP contribution in [0.15, 0.2) is 48.5 Å². The molecule has 0 unspecified atom stereocenters. The predicted molar refractivity (Wildman–Crippen MR) is 104 cm³/mol. The smallest absolute Gasteiger partial charge is 0.262 e. The number of rotatable bonds is 6. The molecule has 2 aromatic rings. The topological polar surface area (TPSA) is 58.6 Å². The van der Waals surface area contributed by atoms with Crippen LogP contribution in [0.4, 0.5) is 11.4 Å². The maximum atomic E-state index is 12.4. The summed E-state index contributed by atoms with van der Waals surface area (Å²) in [5.74, 6) is 0.239. The zero-order valence-electron chi connectivity index (χ0n) is 15.0. The van der Waals surface area contributed by atoms with Crippen LogP contribution < -0.4 is 15.0 Å². The highest BCUT2D eigenvalue weighted by Gasteiger charge is 2.17. The molecular weight excluding hydrogens is 328 g/mol. The first-order valence-electron chi connectivity index (χ1n) is 8.74. The van der Waals surface area contributed by atoms with E-state index in [0.717, 1.165) is 18.7 Å². The van der Waals surface area contributed by atoms with Gasteiger partial charge in [-0.1, -0.05) is 18.2 Å². The molecule has 0 spiro atoms. The van der Waals surface area contributed by atoms with Crippen molar-refractivity contribution in [2.75, 3.05) is 29.9 Å². The molecule has 134 valence electrons. The van der Waals surface area contributed by atoms with Crippen LogP contribution in [0, 0.1) is 0 Å². The van der Waals surface area contributed by atoms with E-state index in [1.165, 1.54) is 5.69 Å². The molecule has 1 aliphatic heterocycles. The normalized spacial score (nSPS) is 13.1. The van der Waals surface area contributed by atoms with Gasteiger partial charge >= 0.3 is 0 Å². The van der Waals surface area contributed by atoms with Crippen LogP contribution in [-0.4, -0.2) is 31.4 Å². The van der Waals surface area contributed by atoms with Crippen molar-refractivity contribution in [1.29, 1.82) is 0 Å². The lowest BCUT2D eigenvalue weighted by atomic mass is 10.1. The highest BCUT2D eigenvalue weighted by Crippen LogP contribution is 2.28. The summed E-state index contributed by atoms with van der Waals surface area (Å²) in [4.78, 5) is 26.1. The van der Waals surface area contributed by atoms with Gasteiger partial charge in [-0.25, -0.2) is 0 Å². The Kier molecular flexibility index (Phi) is 5.37. The number of carbonyl (C=O) groups excluding carboxylic acids is 2. The zero-order valence-corrected chi connectivity index (χ0v) is 15.0. The van der Waals surface area contributed by atoms with E-state index in [0.29, 0.717) is 17.0 Å². The van der Waals surface area contributed by atoms with E-state index in [1.54, 1.807) is 30.4 Å². The number of hydrogen-bond donors (Lipinski definition) is 1. The van der Waals surface area contributed by atoms with Crippen molar-refractivity contribution in [2.45, 2.75) is 13.8 Å². The van der Waals surface area contributed by atoms with Crippen molar-refractivity contribution in [1.82, 2.24) is 0 Å². The number of ether oxygens (including phenoxy) is 1. The summed E-state index contributed by atoms with van der Waals surface area (Å²) in [6, 6.07) is 13.2. The average Bonchev–Trinajstić information content (AvgIpc) is 2.67. The number of anilines is 2. The van der Waals surface area contributed by atoms with Crippen molar-refractivity contribution >= 4 is 29.1 Å². The summed E-state index contributed by atoms with van der Waals surface area (Å²) in [5, 5.41) is 2.71. The van der Waals surface area contributed by atoms with Crippen molar-refractivity contribution in [2.24, 2.45) is 0 Å². The number of amides is 1. The van der Waals surface area contributed by atoms with Gasteiger partial charge in [0.2, 0.25) is 0 Å². The molecule has 5 nitrogen and oxygen atoms in total.